The summed E-state index contributed by atoms with van der Waals surface area (Å²) in [5.74, 6) is 1.60. The van der Waals surface area contributed by atoms with Crippen molar-refractivity contribution >= 4 is 52.8 Å². The highest BCUT2D eigenvalue weighted by Gasteiger charge is 2.40. The van der Waals surface area contributed by atoms with E-state index < -0.39 is 47.6 Å². The molecule has 0 spiro atoms. The van der Waals surface area contributed by atoms with Crippen molar-refractivity contribution in [1.29, 1.82) is 0 Å². The standard InChI is InChI=1S/C47H51N9O9S3/c1-47(2,3)65-46(57)54-25-24-33(29-54)52-67(58,59)40-23-22-37(38-8-7-9-39-42(38)49-45(48)66-39)41(44-50-53-56(51-44)28-32-14-20-36(64-6)21-15-32)43(40)68(60,61)55(26-30-10-16-34(62-4)17-11-30)27-31-12-18-35(63-5)19-13-31/h7-23,33,52H,24-29H2,1-6H3,(H2,48,49)/t33-/m1/s1. The number of nitrogens with two attached hydrogens (primary N) is 1. The zero-order valence-corrected chi connectivity index (χ0v) is 40.7. The molecule has 1 aliphatic heterocycles. The molecule has 0 aliphatic carbocycles. The molecular weight excluding hydrogens is 931 g/mol. The van der Waals surface area contributed by atoms with Crippen molar-refractivity contribution in [3.05, 3.63) is 120 Å². The number of tetrazole rings is 1. The number of para-hydroxylation sites is 1. The summed E-state index contributed by atoms with van der Waals surface area (Å²) in [7, 11) is -5.07. The number of hydrogen-bond donors (Lipinski definition) is 2. The molecule has 3 heterocycles. The van der Waals surface area contributed by atoms with Crippen LogP contribution in [0.5, 0.6) is 17.2 Å². The molecule has 1 amide bonds. The van der Waals surface area contributed by atoms with E-state index in [4.69, 9.17) is 29.8 Å². The molecule has 18 nitrogen and oxygen atoms in total. The molecule has 1 fully saturated rings. The normalized spacial score (nSPS) is 14.4. The second-order valence-electron chi connectivity index (χ2n) is 17.0. The van der Waals surface area contributed by atoms with Crippen LogP contribution in [0.1, 0.15) is 43.9 Å². The van der Waals surface area contributed by atoms with Crippen LogP contribution in [0.3, 0.4) is 0 Å². The van der Waals surface area contributed by atoms with Crippen molar-refractivity contribution in [2.24, 2.45) is 0 Å². The summed E-state index contributed by atoms with van der Waals surface area (Å²) < 4.78 is 88.9. The molecule has 8 rings (SSSR count). The molecule has 356 valence electrons. The van der Waals surface area contributed by atoms with Gasteiger partial charge in [0.1, 0.15) is 32.6 Å². The van der Waals surface area contributed by atoms with Gasteiger partial charge in [-0.15, -0.1) is 10.2 Å². The van der Waals surface area contributed by atoms with Crippen molar-refractivity contribution in [3.8, 4) is 39.8 Å². The maximum Gasteiger partial charge on any atom is 0.410 e. The monoisotopic (exact) mass is 981 g/mol. The average molecular weight is 982 g/mol. The zero-order valence-electron chi connectivity index (χ0n) is 38.2. The molecule has 2 aromatic heterocycles. The molecule has 1 aliphatic rings. The number of nitrogens with zero attached hydrogens (tertiary/aromatic N) is 7. The first-order valence-corrected chi connectivity index (χ1v) is 25.2. The quantitative estimate of drug-likeness (QED) is 0.100. The van der Waals surface area contributed by atoms with Crippen molar-refractivity contribution < 1.29 is 40.6 Å². The summed E-state index contributed by atoms with van der Waals surface area (Å²) in [5.41, 5.74) is 8.45. The summed E-state index contributed by atoms with van der Waals surface area (Å²) in [5, 5.41) is 13.8. The van der Waals surface area contributed by atoms with Crippen LogP contribution in [-0.2, 0) is 44.4 Å². The first kappa shape index (κ1) is 47.8. The van der Waals surface area contributed by atoms with E-state index in [0.29, 0.717) is 44.2 Å². The van der Waals surface area contributed by atoms with Gasteiger partial charge in [-0.1, -0.05) is 65.9 Å². The van der Waals surface area contributed by atoms with E-state index in [-0.39, 0.29) is 61.2 Å². The van der Waals surface area contributed by atoms with Crippen molar-refractivity contribution in [2.75, 3.05) is 40.2 Å². The summed E-state index contributed by atoms with van der Waals surface area (Å²) in [6, 6.07) is 28.4. The highest BCUT2D eigenvalue weighted by molar-refractivity contribution is 7.92. The number of sulfonamides is 2. The fourth-order valence-electron chi connectivity index (χ4n) is 7.82. The van der Waals surface area contributed by atoms with E-state index in [2.05, 4.69) is 20.0 Å². The number of ether oxygens (including phenoxy) is 4. The topological polar surface area (TPSA) is 223 Å². The molecule has 3 N–H and O–H groups in total. The Bertz CT molecular complexity index is 3110. The van der Waals surface area contributed by atoms with Gasteiger partial charge in [-0.05, 0) is 103 Å². The van der Waals surface area contributed by atoms with Gasteiger partial charge in [0, 0.05) is 37.8 Å². The number of amides is 1. The summed E-state index contributed by atoms with van der Waals surface area (Å²) in [6.45, 7) is 5.15. The molecule has 21 heteroatoms. The third kappa shape index (κ3) is 10.6. The number of likely N-dealkylation sites (tertiary alicyclic amines) is 1. The molecule has 7 aromatic rings. The Morgan fingerprint density at radius 1 is 0.809 bits per heavy atom. The fourth-order valence-corrected chi connectivity index (χ4v) is 12.3. The smallest absolute Gasteiger partial charge is 0.410 e. The van der Waals surface area contributed by atoms with E-state index in [1.165, 1.54) is 51.7 Å². The first-order valence-electron chi connectivity index (χ1n) is 21.4. The lowest BCUT2D eigenvalue weighted by molar-refractivity contribution is 0.0292. The Hall–Kier alpha value is -6.65. The Balaban J connectivity index is 1.35. The molecule has 0 radical (unpaired) electrons. The maximum absolute atomic E-state index is 16.2. The van der Waals surface area contributed by atoms with Crippen molar-refractivity contribution in [3.63, 3.8) is 0 Å². The largest absolute Gasteiger partial charge is 0.497 e. The van der Waals surface area contributed by atoms with Gasteiger partial charge in [-0.2, -0.15) is 9.10 Å². The maximum atomic E-state index is 16.2. The van der Waals surface area contributed by atoms with E-state index in [1.54, 1.807) is 101 Å². The van der Waals surface area contributed by atoms with Crippen molar-refractivity contribution in [1.82, 2.24) is 39.1 Å². The molecular formula is C47H51N9O9S3. The average Bonchev–Trinajstić information content (AvgIpc) is 4.08. The van der Waals surface area contributed by atoms with Crippen LogP contribution in [0.4, 0.5) is 9.93 Å². The number of benzene rings is 5. The molecule has 0 saturated carbocycles. The van der Waals surface area contributed by atoms with Crippen LogP contribution in [-0.4, -0.2) is 103 Å². The number of nitrogen functional groups attached to an aromatic ring is 1. The van der Waals surface area contributed by atoms with Crippen LogP contribution in [0.25, 0.3) is 32.7 Å². The van der Waals surface area contributed by atoms with Gasteiger partial charge in [0.25, 0.3) is 0 Å². The van der Waals surface area contributed by atoms with Gasteiger partial charge in [-0.25, -0.2) is 31.3 Å². The number of aromatic nitrogens is 5. The number of fused-ring (bicyclic) bond motifs is 1. The summed E-state index contributed by atoms with van der Waals surface area (Å²) >= 11 is 1.25. The Morgan fingerprint density at radius 3 is 1.97 bits per heavy atom. The Kier molecular flexibility index (Phi) is 13.7. The van der Waals surface area contributed by atoms with E-state index in [1.807, 2.05) is 18.2 Å². The highest BCUT2D eigenvalue weighted by Crippen LogP contribution is 2.44. The van der Waals surface area contributed by atoms with Gasteiger partial charge in [-0.3, -0.25) is 0 Å². The number of rotatable bonds is 16. The van der Waals surface area contributed by atoms with Crippen LogP contribution >= 0.6 is 11.3 Å². The minimum atomic E-state index is -4.94. The molecule has 0 unspecified atom stereocenters. The third-order valence-electron chi connectivity index (χ3n) is 11.1. The number of anilines is 1. The summed E-state index contributed by atoms with van der Waals surface area (Å²) in [6.07, 6.45) is -0.358. The second-order valence-corrected chi connectivity index (χ2v) is 21.6. The van der Waals surface area contributed by atoms with Gasteiger partial charge >= 0.3 is 6.09 Å². The van der Waals surface area contributed by atoms with Gasteiger partial charge in [0.15, 0.2) is 5.13 Å². The SMILES string of the molecule is COc1ccc(CN(Cc2ccc(OC)cc2)S(=O)(=O)c2c(S(=O)(=O)N[C@@H]3CCN(C(=O)OC(C)(C)C)C3)ccc(-c3cccc4sc(N)nc34)c2-c2nnn(Cc3ccc(OC)cc3)n2)cc1. The van der Waals surface area contributed by atoms with E-state index >= 15 is 16.8 Å². The van der Waals surface area contributed by atoms with Crippen LogP contribution < -0.4 is 24.7 Å². The van der Waals surface area contributed by atoms with E-state index in [9.17, 15) is 4.79 Å². The number of thiazole rings is 1. The zero-order chi connectivity index (χ0) is 48.4. The van der Waals surface area contributed by atoms with Gasteiger partial charge < -0.3 is 29.6 Å². The minimum absolute atomic E-state index is 0.0171. The number of nitrogens with one attached hydrogen (secondary N) is 1. The molecule has 1 saturated heterocycles. The van der Waals surface area contributed by atoms with Crippen LogP contribution in [0.15, 0.2) is 113 Å². The molecule has 0 bridgehead atoms. The van der Waals surface area contributed by atoms with Crippen molar-refractivity contribution in [2.45, 2.75) is 68.3 Å². The first-order chi connectivity index (χ1) is 32.4. The Labute approximate surface area is 398 Å². The molecule has 68 heavy (non-hydrogen) atoms. The molecule has 5 aromatic carbocycles. The molecule has 1 atom stereocenters. The summed E-state index contributed by atoms with van der Waals surface area (Å²) in [4.78, 5) is 19.2. The number of methoxy groups -OCH3 is 3. The van der Waals surface area contributed by atoms with Crippen LogP contribution in [0.2, 0.25) is 0 Å². The number of hydrogen-bond acceptors (Lipinski definition) is 15. The highest BCUT2D eigenvalue weighted by atomic mass is 32.2. The number of carbonyl (C=O) groups is 1. The van der Waals surface area contributed by atoms with E-state index in [0.717, 1.165) is 5.56 Å². The predicted octanol–water partition coefficient (Wildman–Crippen LogP) is 6.95. The second kappa shape index (κ2) is 19.5. The minimum Gasteiger partial charge on any atom is -0.497 e. The Morgan fingerprint density at radius 2 is 1.40 bits per heavy atom. The van der Waals surface area contributed by atoms with Gasteiger partial charge in [0.2, 0.25) is 25.9 Å². The fraction of sp³-hybridized carbons (Fsp3) is 0.298. The lowest BCUT2D eigenvalue weighted by Gasteiger charge is -2.27. The predicted molar refractivity (Wildman–Crippen MR) is 257 cm³/mol. The third-order valence-corrected chi connectivity index (χ3v) is 15.5. The number of carbonyl (C=O) groups excluding carboxylic acids is 1. The lowest BCUT2D eigenvalue weighted by Crippen LogP contribution is -2.41. The van der Waals surface area contributed by atoms with Gasteiger partial charge in [0.05, 0.1) is 43.7 Å². The van der Waals surface area contributed by atoms with Crippen LogP contribution in [0, 0.1) is 0 Å². The lowest BCUT2D eigenvalue weighted by atomic mass is 9.98.